The Morgan fingerprint density at radius 2 is 1.95 bits per heavy atom. The number of carbonyl (C=O) groups is 1. The summed E-state index contributed by atoms with van der Waals surface area (Å²) in [5, 5.41) is 15.5. The van der Waals surface area contributed by atoms with Crippen molar-refractivity contribution in [3.63, 3.8) is 0 Å². The summed E-state index contributed by atoms with van der Waals surface area (Å²) in [7, 11) is 0. The summed E-state index contributed by atoms with van der Waals surface area (Å²) in [6, 6.07) is 10.2. The van der Waals surface area contributed by atoms with Gasteiger partial charge in [0.05, 0.1) is 19.2 Å². The molecule has 1 aliphatic carbocycles. The van der Waals surface area contributed by atoms with Crippen LogP contribution in [0.25, 0.3) is 0 Å². The lowest BCUT2D eigenvalue weighted by atomic mass is 10.1. The lowest BCUT2D eigenvalue weighted by Gasteiger charge is -2.18. The zero-order chi connectivity index (χ0) is 14.2. The standard InChI is InChI=1S/C16H24N2O2/c19-12-15(10-13-6-2-1-3-7-13)18-16(20)11-17-14-8-4-5-9-14/h1-3,6-7,14-15,17,19H,4-5,8-12H2,(H,18,20)/t15-/m1/s1. The zero-order valence-electron chi connectivity index (χ0n) is 11.8. The van der Waals surface area contributed by atoms with Crippen molar-refractivity contribution in [3.8, 4) is 0 Å². The minimum Gasteiger partial charge on any atom is -0.394 e. The number of rotatable bonds is 7. The molecule has 0 aromatic heterocycles. The molecular formula is C16H24N2O2. The minimum absolute atomic E-state index is 0.0353. The van der Waals surface area contributed by atoms with Crippen molar-refractivity contribution in [2.24, 2.45) is 0 Å². The molecule has 0 unspecified atom stereocenters. The van der Waals surface area contributed by atoms with Crippen LogP contribution in [0.5, 0.6) is 0 Å². The summed E-state index contributed by atoms with van der Waals surface area (Å²) in [6.07, 6.45) is 5.51. The van der Waals surface area contributed by atoms with Crippen molar-refractivity contribution in [3.05, 3.63) is 35.9 Å². The highest BCUT2D eigenvalue weighted by Crippen LogP contribution is 2.17. The Bertz CT molecular complexity index is 402. The van der Waals surface area contributed by atoms with Gasteiger partial charge in [0.2, 0.25) is 5.91 Å². The van der Waals surface area contributed by atoms with E-state index in [2.05, 4.69) is 10.6 Å². The fraction of sp³-hybridized carbons (Fsp3) is 0.562. The van der Waals surface area contributed by atoms with E-state index in [1.165, 1.54) is 25.7 Å². The fourth-order valence-electron chi connectivity index (χ4n) is 2.71. The Balaban J connectivity index is 1.72. The molecule has 1 amide bonds. The highest BCUT2D eigenvalue weighted by Gasteiger charge is 2.16. The van der Waals surface area contributed by atoms with Crippen LogP contribution in [-0.2, 0) is 11.2 Å². The second-order valence-corrected chi connectivity index (χ2v) is 5.50. The maximum Gasteiger partial charge on any atom is 0.234 e. The third-order valence-electron chi connectivity index (χ3n) is 3.82. The predicted octanol–water partition coefficient (Wildman–Crippen LogP) is 1.24. The SMILES string of the molecule is O=C(CNC1CCCC1)N[C@@H](CO)Cc1ccccc1. The van der Waals surface area contributed by atoms with Crippen LogP contribution in [0.15, 0.2) is 30.3 Å². The van der Waals surface area contributed by atoms with Crippen LogP contribution in [0.1, 0.15) is 31.2 Å². The van der Waals surface area contributed by atoms with Gasteiger partial charge in [-0.25, -0.2) is 0 Å². The number of aliphatic hydroxyl groups excluding tert-OH is 1. The van der Waals surface area contributed by atoms with Crippen molar-refractivity contribution < 1.29 is 9.90 Å². The molecule has 1 aromatic rings. The van der Waals surface area contributed by atoms with E-state index in [1.54, 1.807) is 0 Å². The van der Waals surface area contributed by atoms with Gasteiger partial charge >= 0.3 is 0 Å². The third kappa shape index (κ3) is 4.94. The number of nitrogens with one attached hydrogen (secondary N) is 2. The van der Waals surface area contributed by atoms with Crippen LogP contribution < -0.4 is 10.6 Å². The molecule has 4 heteroatoms. The van der Waals surface area contributed by atoms with E-state index < -0.39 is 0 Å². The zero-order valence-corrected chi connectivity index (χ0v) is 11.8. The van der Waals surface area contributed by atoms with E-state index in [-0.39, 0.29) is 18.6 Å². The minimum atomic E-state index is -0.213. The molecule has 0 radical (unpaired) electrons. The Labute approximate surface area is 120 Å². The number of amides is 1. The van der Waals surface area contributed by atoms with Gasteiger partial charge in [0.15, 0.2) is 0 Å². The topological polar surface area (TPSA) is 61.4 Å². The molecular weight excluding hydrogens is 252 g/mol. The van der Waals surface area contributed by atoms with Gasteiger partial charge in [0, 0.05) is 6.04 Å². The molecule has 2 rings (SSSR count). The molecule has 0 saturated heterocycles. The lowest BCUT2D eigenvalue weighted by molar-refractivity contribution is -0.121. The Morgan fingerprint density at radius 3 is 2.60 bits per heavy atom. The molecule has 3 N–H and O–H groups in total. The lowest BCUT2D eigenvalue weighted by Crippen LogP contribution is -2.45. The van der Waals surface area contributed by atoms with Crippen LogP contribution in [0, 0.1) is 0 Å². The van der Waals surface area contributed by atoms with Gasteiger partial charge in [-0.05, 0) is 24.8 Å². The van der Waals surface area contributed by atoms with Gasteiger partial charge < -0.3 is 15.7 Å². The van der Waals surface area contributed by atoms with Gasteiger partial charge in [0.25, 0.3) is 0 Å². The summed E-state index contributed by atoms with van der Waals surface area (Å²) in [4.78, 5) is 11.9. The first-order chi connectivity index (χ1) is 9.78. The predicted molar refractivity (Wildman–Crippen MR) is 79.4 cm³/mol. The Hall–Kier alpha value is -1.39. The van der Waals surface area contributed by atoms with Crippen LogP contribution in [-0.4, -0.2) is 36.2 Å². The molecule has 1 fully saturated rings. The van der Waals surface area contributed by atoms with E-state index in [1.807, 2.05) is 30.3 Å². The van der Waals surface area contributed by atoms with Gasteiger partial charge in [-0.15, -0.1) is 0 Å². The normalized spacial score (nSPS) is 17.1. The second kappa shape index (κ2) is 8.02. The van der Waals surface area contributed by atoms with Crippen LogP contribution in [0.3, 0.4) is 0 Å². The van der Waals surface area contributed by atoms with E-state index in [0.29, 0.717) is 19.0 Å². The number of aliphatic hydroxyl groups is 1. The number of benzene rings is 1. The van der Waals surface area contributed by atoms with Crippen LogP contribution in [0.4, 0.5) is 0 Å². The summed E-state index contributed by atoms with van der Waals surface area (Å²) in [6.45, 7) is 0.306. The van der Waals surface area contributed by atoms with Crippen LogP contribution in [0.2, 0.25) is 0 Å². The molecule has 0 bridgehead atoms. The van der Waals surface area contributed by atoms with E-state index >= 15 is 0 Å². The monoisotopic (exact) mass is 276 g/mol. The highest BCUT2D eigenvalue weighted by molar-refractivity contribution is 5.78. The maximum absolute atomic E-state index is 11.9. The van der Waals surface area contributed by atoms with Crippen molar-refractivity contribution >= 4 is 5.91 Å². The summed E-state index contributed by atoms with van der Waals surface area (Å²) < 4.78 is 0. The average Bonchev–Trinajstić information content (AvgIpc) is 2.99. The molecule has 4 nitrogen and oxygen atoms in total. The molecule has 1 aromatic carbocycles. The first-order valence-corrected chi connectivity index (χ1v) is 7.45. The number of carbonyl (C=O) groups excluding carboxylic acids is 1. The molecule has 1 atom stereocenters. The van der Waals surface area contributed by atoms with Gasteiger partial charge in [-0.3, -0.25) is 4.79 Å². The first-order valence-electron chi connectivity index (χ1n) is 7.45. The smallest absolute Gasteiger partial charge is 0.234 e. The molecule has 1 aliphatic rings. The van der Waals surface area contributed by atoms with E-state index in [4.69, 9.17) is 0 Å². The maximum atomic E-state index is 11.9. The Kier molecular flexibility index (Phi) is 6.02. The first kappa shape index (κ1) is 15.0. The van der Waals surface area contributed by atoms with E-state index in [9.17, 15) is 9.90 Å². The number of hydrogen-bond acceptors (Lipinski definition) is 3. The third-order valence-corrected chi connectivity index (χ3v) is 3.82. The molecule has 110 valence electrons. The van der Waals surface area contributed by atoms with Gasteiger partial charge in [-0.2, -0.15) is 0 Å². The second-order valence-electron chi connectivity index (χ2n) is 5.50. The van der Waals surface area contributed by atoms with Gasteiger partial charge in [0.1, 0.15) is 0 Å². The molecule has 0 spiro atoms. The van der Waals surface area contributed by atoms with Crippen LogP contribution >= 0.6 is 0 Å². The molecule has 1 saturated carbocycles. The number of hydrogen-bond donors (Lipinski definition) is 3. The molecule has 20 heavy (non-hydrogen) atoms. The highest BCUT2D eigenvalue weighted by atomic mass is 16.3. The summed E-state index contributed by atoms with van der Waals surface area (Å²) in [5.74, 6) is -0.0353. The van der Waals surface area contributed by atoms with Gasteiger partial charge in [-0.1, -0.05) is 43.2 Å². The average molecular weight is 276 g/mol. The summed E-state index contributed by atoms with van der Waals surface area (Å²) in [5.41, 5.74) is 1.12. The van der Waals surface area contributed by atoms with Crippen molar-refractivity contribution in [2.45, 2.75) is 44.2 Å². The van der Waals surface area contributed by atoms with Crippen molar-refractivity contribution in [1.29, 1.82) is 0 Å². The summed E-state index contributed by atoms with van der Waals surface area (Å²) >= 11 is 0. The van der Waals surface area contributed by atoms with E-state index in [0.717, 1.165) is 5.56 Å². The quantitative estimate of drug-likeness (QED) is 0.702. The molecule has 0 heterocycles. The fourth-order valence-corrected chi connectivity index (χ4v) is 2.71. The largest absolute Gasteiger partial charge is 0.394 e. The Morgan fingerprint density at radius 1 is 1.25 bits per heavy atom. The van der Waals surface area contributed by atoms with Crippen molar-refractivity contribution in [2.75, 3.05) is 13.2 Å². The van der Waals surface area contributed by atoms with Crippen molar-refractivity contribution in [1.82, 2.24) is 10.6 Å². The molecule has 0 aliphatic heterocycles.